The van der Waals surface area contributed by atoms with E-state index >= 15 is 0 Å². The summed E-state index contributed by atoms with van der Waals surface area (Å²) in [6.07, 6.45) is -2.82. The van der Waals surface area contributed by atoms with Crippen molar-refractivity contribution in [1.82, 2.24) is 0 Å². The Morgan fingerprint density at radius 3 is 2.36 bits per heavy atom. The second-order valence-corrected chi connectivity index (χ2v) is 5.24. The first-order chi connectivity index (χ1) is 11.6. The number of hydrogen-bond acceptors (Lipinski definition) is 5. The first-order valence-corrected chi connectivity index (χ1v) is 7.03. The van der Waals surface area contributed by atoms with Crippen molar-refractivity contribution in [3.05, 3.63) is 75.0 Å². The highest BCUT2D eigenvalue weighted by molar-refractivity contribution is 5.72. The van der Waals surface area contributed by atoms with Crippen LogP contribution in [0.4, 0.5) is 13.2 Å². The van der Waals surface area contributed by atoms with E-state index in [1.807, 2.05) is 0 Å². The van der Waals surface area contributed by atoms with E-state index in [2.05, 4.69) is 4.74 Å². The fourth-order valence-corrected chi connectivity index (χ4v) is 2.46. The molecule has 0 amide bonds. The normalized spacial score (nSPS) is 22.8. The molecule has 2 rings (SSSR count). The molecule has 0 fully saturated rings. The minimum absolute atomic E-state index is 0.0180. The van der Waals surface area contributed by atoms with Crippen LogP contribution >= 0.6 is 0 Å². The zero-order valence-corrected chi connectivity index (χ0v) is 13.3. The maximum atomic E-state index is 12.9. The molecule has 1 atom stereocenters. The number of methoxy groups -OCH3 is 1. The molecule has 6 nitrogen and oxygen atoms in total. The quantitative estimate of drug-likeness (QED) is 0.387. The number of ether oxygens (including phenoxy) is 2. The smallest absolute Gasteiger partial charge is 0.404 e. The molecule has 1 aromatic rings. The van der Waals surface area contributed by atoms with E-state index in [0.717, 1.165) is 19.3 Å². The molecule has 0 aromatic heterocycles. The molecule has 134 valence electrons. The third-order valence-corrected chi connectivity index (χ3v) is 3.63. The highest BCUT2D eigenvalue weighted by atomic mass is 19.4. The van der Waals surface area contributed by atoms with E-state index in [0.29, 0.717) is 0 Å². The summed E-state index contributed by atoms with van der Waals surface area (Å²) in [6, 6.07) is 7.58. The van der Waals surface area contributed by atoms with E-state index in [4.69, 9.17) is 10.5 Å². The number of nitrogens with two attached hydrogens (primary N) is 1. The second kappa shape index (κ2) is 6.60. The molecule has 0 aliphatic heterocycles. The van der Waals surface area contributed by atoms with E-state index in [-0.39, 0.29) is 22.4 Å². The molecule has 0 saturated heterocycles. The van der Waals surface area contributed by atoms with Crippen LogP contribution in [0.3, 0.4) is 0 Å². The molecule has 0 radical (unpaired) electrons. The van der Waals surface area contributed by atoms with Crippen LogP contribution in [-0.2, 0) is 9.47 Å². The highest BCUT2D eigenvalue weighted by Gasteiger charge is 2.47. The van der Waals surface area contributed by atoms with Gasteiger partial charge >= 0.3 is 12.1 Å². The molecule has 1 aliphatic carbocycles. The van der Waals surface area contributed by atoms with Crippen molar-refractivity contribution in [3.8, 4) is 0 Å². The van der Waals surface area contributed by atoms with Gasteiger partial charge in [-0.1, -0.05) is 30.3 Å². The number of rotatable bonds is 4. The van der Waals surface area contributed by atoms with Crippen LogP contribution in [0, 0.1) is 10.1 Å². The molecular weight excluding hydrogens is 341 g/mol. The van der Waals surface area contributed by atoms with E-state index < -0.39 is 22.8 Å². The maximum Gasteiger partial charge on any atom is 0.573 e. The lowest BCUT2D eigenvalue weighted by molar-refractivity contribution is -0.598. The van der Waals surface area contributed by atoms with Crippen LogP contribution < -0.4 is 5.73 Å². The zero-order valence-electron chi connectivity index (χ0n) is 13.3. The average Bonchev–Trinajstić information content (AvgIpc) is 2.54. The fourth-order valence-electron chi connectivity index (χ4n) is 2.46. The summed E-state index contributed by atoms with van der Waals surface area (Å²) in [5, 5.41) is 11.3. The van der Waals surface area contributed by atoms with Crippen LogP contribution in [0.25, 0.3) is 5.76 Å². The van der Waals surface area contributed by atoms with Crippen molar-refractivity contribution >= 4 is 5.76 Å². The lowest BCUT2D eigenvalue weighted by Crippen LogP contribution is -2.45. The van der Waals surface area contributed by atoms with Crippen LogP contribution in [0.1, 0.15) is 12.5 Å². The van der Waals surface area contributed by atoms with Crippen LogP contribution in [-0.4, -0.2) is 24.1 Å². The minimum atomic E-state index is -4.94. The van der Waals surface area contributed by atoms with Gasteiger partial charge < -0.3 is 15.2 Å². The van der Waals surface area contributed by atoms with Gasteiger partial charge in [-0.3, -0.25) is 10.1 Å². The molecule has 2 N–H and O–H groups in total. The summed E-state index contributed by atoms with van der Waals surface area (Å²) in [5.41, 5.74) is 3.54. The van der Waals surface area contributed by atoms with Crippen LogP contribution in [0.15, 0.2) is 59.3 Å². The van der Waals surface area contributed by atoms with Gasteiger partial charge in [-0.05, 0) is 18.6 Å². The third-order valence-electron chi connectivity index (χ3n) is 3.63. The molecule has 9 heteroatoms. The largest absolute Gasteiger partial charge is 0.573 e. The van der Waals surface area contributed by atoms with E-state index in [9.17, 15) is 23.3 Å². The Labute approximate surface area is 141 Å². The summed E-state index contributed by atoms with van der Waals surface area (Å²) < 4.78 is 47.6. The van der Waals surface area contributed by atoms with Crippen molar-refractivity contribution in [1.29, 1.82) is 0 Å². The first kappa shape index (κ1) is 18.5. The molecule has 1 aromatic carbocycles. The maximum absolute atomic E-state index is 12.9. The minimum Gasteiger partial charge on any atom is -0.404 e. The van der Waals surface area contributed by atoms with Gasteiger partial charge in [0.05, 0.1) is 4.92 Å². The Morgan fingerprint density at radius 2 is 1.88 bits per heavy atom. The van der Waals surface area contributed by atoms with E-state index in [1.54, 1.807) is 18.2 Å². The molecule has 0 spiro atoms. The SMILES string of the molecule is COC1([N+](=O)[O-])C=C(C)C(=C(OC(F)(F)F)c2ccccc2)C=C1N. The second-order valence-electron chi connectivity index (χ2n) is 5.24. The molecule has 0 saturated carbocycles. The molecule has 1 unspecified atom stereocenters. The summed E-state index contributed by atoms with van der Waals surface area (Å²) in [7, 11) is 1.09. The Balaban J connectivity index is 2.68. The van der Waals surface area contributed by atoms with Gasteiger partial charge in [0.2, 0.25) is 0 Å². The average molecular weight is 356 g/mol. The molecule has 0 heterocycles. The Morgan fingerprint density at radius 1 is 1.28 bits per heavy atom. The van der Waals surface area contributed by atoms with Gasteiger partial charge in [0.15, 0.2) is 0 Å². The summed E-state index contributed by atoms with van der Waals surface area (Å²) in [5.74, 6) is -0.502. The predicted molar refractivity (Wildman–Crippen MR) is 83.3 cm³/mol. The molecule has 25 heavy (non-hydrogen) atoms. The van der Waals surface area contributed by atoms with Crippen LogP contribution in [0.5, 0.6) is 0 Å². The summed E-state index contributed by atoms with van der Waals surface area (Å²) >= 11 is 0. The molecule has 1 aliphatic rings. The molecule has 0 bridgehead atoms. The van der Waals surface area contributed by atoms with Gasteiger partial charge in [0.25, 0.3) is 0 Å². The Kier molecular flexibility index (Phi) is 4.89. The standard InChI is InChI=1S/C16H15F3N2O4/c1-10-9-15(24-2,21(22)23)13(20)8-12(10)14(25-16(17,18)19)11-6-4-3-5-7-11/h3-9H,20H2,1-2H3. The van der Waals surface area contributed by atoms with Gasteiger partial charge in [0, 0.05) is 24.3 Å². The van der Waals surface area contributed by atoms with Crippen molar-refractivity contribution < 1.29 is 27.6 Å². The van der Waals surface area contributed by atoms with Crippen molar-refractivity contribution in [2.75, 3.05) is 7.11 Å². The number of allylic oxidation sites excluding steroid dienone is 3. The van der Waals surface area contributed by atoms with Gasteiger partial charge in [-0.25, -0.2) is 0 Å². The first-order valence-electron chi connectivity index (χ1n) is 7.03. The topological polar surface area (TPSA) is 87.6 Å². The highest BCUT2D eigenvalue weighted by Crippen LogP contribution is 2.37. The Hall–Kier alpha value is -2.81. The number of halogens is 3. The lowest BCUT2D eigenvalue weighted by atomic mass is 9.91. The summed E-state index contributed by atoms with van der Waals surface area (Å²) in [6.45, 7) is 1.41. The van der Waals surface area contributed by atoms with Gasteiger partial charge in [-0.2, -0.15) is 0 Å². The zero-order chi connectivity index (χ0) is 18.8. The van der Waals surface area contributed by atoms with Crippen molar-refractivity contribution in [2.24, 2.45) is 5.73 Å². The summed E-state index contributed by atoms with van der Waals surface area (Å²) in [4.78, 5) is 10.6. The predicted octanol–water partition coefficient (Wildman–Crippen LogP) is 3.36. The van der Waals surface area contributed by atoms with Gasteiger partial charge in [0.1, 0.15) is 11.5 Å². The lowest BCUT2D eigenvalue weighted by Gasteiger charge is -2.27. The number of alkyl halides is 3. The number of nitrogens with zero attached hydrogens (tertiary/aromatic N) is 1. The number of nitro groups is 1. The fraction of sp³-hybridized carbons (Fsp3) is 0.250. The van der Waals surface area contributed by atoms with Crippen molar-refractivity contribution in [3.63, 3.8) is 0 Å². The van der Waals surface area contributed by atoms with Crippen molar-refractivity contribution in [2.45, 2.75) is 19.0 Å². The number of benzene rings is 1. The monoisotopic (exact) mass is 356 g/mol. The van der Waals surface area contributed by atoms with E-state index in [1.165, 1.54) is 19.1 Å². The third kappa shape index (κ3) is 3.66. The van der Waals surface area contributed by atoms with Gasteiger partial charge in [-0.15, -0.1) is 13.2 Å². The number of hydrogen-bond donors (Lipinski definition) is 1. The Bertz CT molecular complexity index is 769. The molecular formula is C16H15F3N2O4. The van der Waals surface area contributed by atoms with Crippen LogP contribution in [0.2, 0.25) is 0 Å².